The molecule has 2 aliphatic rings. The van der Waals surface area contributed by atoms with Crippen LogP contribution in [0.5, 0.6) is 0 Å². The number of carbonyl (C=O) groups excluding carboxylic acids is 2. The Kier molecular flexibility index (Phi) is 6.44. The van der Waals surface area contributed by atoms with Gasteiger partial charge in [0.15, 0.2) is 5.13 Å². The minimum atomic E-state index is -0.274. The summed E-state index contributed by atoms with van der Waals surface area (Å²) in [5, 5.41) is 6.03. The fraction of sp³-hybridized carbons (Fsp3) is 0.450. The summed E-state index contributed by atoms with van der Waals surface area (Å²) in [4.78, 5) is 33.2. The lowest BCUT2D eigenvalue weighted by molar-refractivity contribution is -0.142. The lowest BCUT2D eigenvalue weighted by atomic mass is 10.2. The number of hydrogen-bond donors (Lipinski definition) is 1. The van der Waals surface area contributed by atoms with Gasteiger partial charge in [0.25, 0.3) is 5.91 Å². The van der Waals surface area contributed by atoms with E-state index in [1.54, 1.807) is 0 Å². The van der Waals surface area contributed by atoms with Crippen LogP contribution in [0.15, 0.2) is 29.6 Å². The van der Waals surface area contributed by atoms with Crippen molar-refractivity contribution in [3.8, 4) is 11.3 Å². The molecule has 1 aromatic carbocycles. The highest BCUT2D eigenvalue weighted by Gasteiger charge is 2.30. The van der Waals surface area contributed by atoms with E-state index in [0.29, 0.717) is 42.9 Å². The SMILES string of the molecule is O=C(CN1CCN(C(=O)C2CCCO2)CC1)Nc1nc(-c2ccc(Cl)cc2)cs1. The van der Waals surface area contributed by atoms with E-state index in [0.717, 1.165) is 24.1 Å². The van der Waals surface area contributed by atoms with Crippen molar-refractivity contribution in [3.05, 3.63) is 34.7 Å². The van der Waals surface area contributed by atoms with Crippen LogP contribution in [0.2, 0.25) is 5.02 Å². The van der Waals surface area contributed by atoms with Gasteiger partial charge in [0.05, 0.1) is 12.2 Å². The Bertz CT molecular complexity index is 859. The molecule has 1 unspecified atom stereocenters. The van der Waals surface area contributed by atoms with Crippen molar-refractivity contribution in [1.82, 2.24) is 14.8 Å². The molecule has 0 spiro atoms. The number of benzene rings is 1. The van der Waals surface area contributed by atoms with E-state index in [1.165, 1.54) is 11.3 Å². The third-order valence-corrected chi connectivity index (χ3v) is 6.16. The molecular formula is C20H23ClN4O3S. The zero-order chi connectivity index (χ0) is 20.2. The van der Waals surface area contributed by atoms with Crippen molar-refractivity contribution in [2.45, 2.75) is 18.9 Å². The number of halogens is 1. The second-order valence-corrected chi connectivity index (χ2v) is 8.49. The predicted molar refractivity (Wildman–Crippen MR) is 113 cm³/mol. The maximum Gasteiger partial charge on any atom is 0.251 e. The molecule has 2 aliphatic heterocycles. The van der Waals surface area contributed by atoms with Crippen molar-refractivity contribution in [1.29, 1.82) is 0 Å². The summed E-state index contributed by atoms with van der Waals surface area (Å²) in [6, 6.07) is 7.44. The molecule has 2 amide bonds. The van der Waals surface area contributed by atoms with Crippen LogP contribution >= 0.6 is 22.9 Å². The van der Waals surface area contributed by atoms with Crippen LogP contribution in [0.3, 0.4) is 0 Å². The number of nitrogens with one attached hydrogen (secondary N) is 1. The molecule has 2 saturated heterocycles. The number of amides is 2. The van der Waals surface area contributed by atoms with Crippen LogP contribution in [-0.2, 0) is 14.3 Å². The lowest BCUT2D eigenvalue weighted by Gasteiger charge is -2.35. The average molecular weight is 435 g/mol. The van der Waals surface area contributed by atoms with Crippen LogP contribution in [0.4, 0.5) is 5.13 Å². The fourth-order valence-corrected chi connectivity index (χ4v) is 4.41. The Balaban J connectivity index is 1.24. The van der Waals surface area contributed by atoms with E-state index in [2.05, 4.69) is 15.2 Å². The molecule has 2 fully saturated rings. The van der Waals surface area contributed by atoms with Gasteiger partial charge in [-0.1, -0.05) is 23.7 Å². The predicted octanol–water partition coefficient (Wildman–Crippen LogP) is 2.73. The number of thiazole rings is 1. The van der Waals surface area contributed by atoms with E-state index in [-0.39, 0.29) is 24.5 Å². The third kappa shape index (κ3) is 5.14. The van der Waals surface area contributed by atoms with Crippen LogP contribution in [0.1, 0.15) is 12.8 Å². The smallest absolute Gasteiger partial charge is 0.251 e. The summed E-state index contributed by atoms with van der Waals surface area (Å²) >= 11 is 7.31. The highest BCUT2D eigenvalue weighted by Crippen LogP contribution is 2.26. The number of piperazine rings is 1. The molecule has 0 radical (unpaired) electrons. The Morgan fingerprint density at radius 1 is 1.21 bits per heavy atom. The molecule has 154 valence electrons. The van der Waals surface area contributed by atoms with Gasteiger partial charge in [-0.25, -0.2) is 4.98 Å². The van der Waals surface area contributed by atoms with Gasteiger partial charge in [0.1, 0.15) is 6.10 Å². The van der Waals surface area contributed by atoms with Gasteiger partial charge < -0.3 is 15.0 Å². The van der Waals surface area contributed by atoms with Gasteiger partial charge in [0, 0.05) is 48.8 Å². The lowest BCUT2D eigenvalue weighted by Crippen LogP contribution is -2.52. The monoisotopic (exact) mass is 434 g/mol. The number of ether oxygens (including phenoxy) is 1. The molecule has 1 N–H and O–H groups in total. The van der Waals surface area contributed by atoms with Gasteiger partial charge in [0.2, 0.25) is 5.91 Å². The fourth-order valence-electron chi connectivity index (χ4n) is 3.55. The van der Waals surface area contributed by atoms with Crippen molar-refractivity contribution < 1.29 is 14.3 Å². The number of rotatable bonds is 5. The van der Waals surface area contributed by atoms with Gasteiger partial charge in [-0.2, -0.15) is 0 Å². The summed E-state index contributed by atoms with van der Waals surface area (Å²) in [6.07, 6.45) is 1.49. The summed E-state index contributed by atoms with van der Waals surface area (Å²) in [5.74, 6) is -0.00924. The molecule has 0 saturated carbocycles. The van der Waals surface area contributed by atoms with Crippen LogP contribution in [0.25, 0.3) is 11.3 Å². The molecule has 1 atom stereocenters. The van der Waals surface area contributed by atoms with E-state index in [4.69, 9.17) is 16.3 Å². The summed E-state index contributed by atoms with van der Waals surface area (Å²) in [5.41, 5.74) is 1.77. The van der Waals surface area contributed by atoms with Crippen molar-refractivity contribution in [2.75, 3.05) is 44.6 Å². The number of hydrogen-bond acceptors (Lipinski definition) is 6. The van der Waals surface area contributed by atoms with E-state index >= 15 is 0 Å². The molecule has 2 aromatic rings. The molecule has 9 heteroatoms. The zero-order valence-electron chi connectivity index (χ0n) is 16.0. The highest BCUT2D eigenvalue weighted by molar-refractivity contribution is 7.14. The highest BCUT2D eigenvalue weighted by atomic mass is 35.5. The van der Waals surface area contributed by atoms with Gasteiger partial charge >= 0.3 is 0 Å². The first-order valence-corrected chi connectivity index (χ1v) is 11.0. The average Bonchev–Trinajstić information content (AvgIpc) is 3.41. The summed E-state index contributed by atoms with van der Waals surface area (Å²) in [7, 11) is 0. The van der Waals surface area contributed by atoms with E-state index in [9.17, 15) is 9.59 Å². The summed E-state index contributed by atoms with van der Waals surface area (Å²) in [6.45, 7) is 3.58. The number of aromatic nitrogens is 1. The standard InChI is InChI=1S/C20H23ClN4O3S/c21-15-5-3-14(4-6-15)16-13-29-20(22-16)23-18(26)12-24-7-9-25(10-8-24)19(27)17-2-1-11-28-17/h3-6,13,17H,1-2,7-12H2,(H,22,23,26). The third-order valence-electron chi connectivity index (χ3n) is 5.15. The molecule has 3 heterocycles. The largest absolute Gasteiger partial charge is 0.368 e. The van der Waals surface area contributed by atoms with Gasteiger partial charge in [-0.05, 0) is 25.0 Å². The summed E-state index contributed by atoms with van der Waals surface area (Å²) < 4.78 is 5.48. The minimum absolute atomic E-state index is 0.0871. The molecule has 29 heavy (non-hydrogen) atoms. The van der Waals surface area contributed by atoms with Crippen molar-refractivity contribution >= 4 is 39.9 Å². The number of carbonyl (C=O) groups is 2. The molecule has 1 aromatic heterocycles. The molecule has 0 aliphatic carbocycles. The van der Waals surface area contributed by atoms with Crippen molar-refractivity contribution in [3.63, 3.8) is 0 Å². The number of anilines is 1. The quantitative estimate of drug-likeness (QED) is 0.783. The second-order valence-electron chi connectivity index (χ2n) is 7.20. The molecule has 4 rings (SSSR count). The molecule has 7 nitrogen and oxygen atoms in total. The van der Waals surface area contributed by atoms with E-state index in [1.807, 2.05) is 34.5 Å². The van der Waals surface area contributed by atoms with Crippen LogP contribution in [-0.4, -0.2) is 72.0 Å². The van der Waals surface area contributed by atoms with Crippen LogP contribution in [0, 0.1) is 0 Å². The molecular weight excluding hydrogens is 412 g/mol. The number of nitrogens with zero attached hydrogens (tertiary/aromatic N) is 3. The zero-order valence-corrected chi connectivity index (χ0v) is 17.5. The Labute approximate surface area is 178 Å². The first kappa shape index (κ1) is 20.3. The van der Waals surface area contributed by atoms with Gasteiger partial charge in [-0.15, -0.1) is 11.3 Å². The molecule has 0 bridgehead atoms. The Hall–Kier alpha value is -2.00. The Morgan fingerprint density at radius 3 is 2.66 bits per heavy atom. The maximum atomic E-state index is 12.4. The second kappa shape index (κ2) is 9.21. The maximum absolute atomic E-state index is 12.4. The van der Waals surface area contributed by atoms with Crippen LogP contribution < -0.4 is 5.32 Å². The van der Waals surface area contributed by atoms with Crippen molar-refractivity contribution in [2.24, 2.45) is 0 Å². The topological polar surface area (TPSA) is 74.8 Å². The first-order valence-electron chi connectivity index (χ1n) is 9.72. The normalized spacial score (nSPS) is 20.0. The Morgan fingerprint density at radius 2 is 1.97 bits per heavy atom. The van der Waals surface area contributed by atoms with E-state index < -0.39 is 0 Å². The first-order chi connectivity index (χ1) is 14.1. The van der Waals surface area contributed by atoms with Gasteiger partial charge in [-0.3, -0.25) is 14.5 Å². The minimum Gasteiger partial charge on any atom is -0.368 e.